The van der Waals surface area contributed by atoms with Crippen molar-refractivity contribution in [2.45, 2.75) is 246 Å². The molecule has 50 heavy (non-hydrogen) atoms. The number of hydrogen-bond donors (Lipinski definition) is 0. The first-order valence-corrected chi connectivity index (χ1v) is 23.4. The van der Waals surface area contributed by atoms with Crippen LogP contribution in [-0.4, -0.2) is 46.1 Å². The summed E-state index contributed by atoms with van der Waals surface area (Å²) in [5.74, 6) is 7.36. The molecule has 7 fully saturated rings. The predicted molar refractivity (Wildman–Crippen MR) is 215 cm³/mol. The van der Waals surface area contributed by atoms with Crippen LogP contribution in [0.15, 0.2) is 0 Å². The largest absolute Gasteiger partial charge is 0.294 e. The second-order valence-electron chi connectivity index (χ2n) is 22.7. The molecule has 0 N–H and O–H groups in total. The van der Waals surface area contributed by atoms with Crippen molar-refractivity contribution in [2.24, 2.45) is 58.2 Å². The van der Waals surface area contributed by atoms with Gasteiger partial charge in [0.1, 0.15) is 0 Å². The molecule has 7 saturated carbocycles. The number of fused-ring (bicyclic) bond motifs is 2. The summed E-state index contributed by atoms with van der Waals surface area (Å²) in [6.07, 6.45) is 36.0. The van der Waals surface area contributed by atoms with Crippen LogP contribution >= 0.6 is 0 Å². The summed E-state index contributed by atoms with van der Waals surface area (Å²) in [5.41, 5.74) is 0.863. The molecule has 0 radical (unpaired) electrons. The minimum Gasteiger partial charge on any atom is -0.294 e. The molecule has 7 aliphatic rings. The van der Waals surface area contributed by atoms with Crippen LogP contribution < -0.4 is 0 Å². The Kier molecular flexibility index (Phi) is 12.2. The van der Waals surface area contributed by atoms with Crippen molar-refractivity contribution in [2.75, 3.05) is 0 Å². The van der Waals surface area contributed by atoms with Gasteiger partial charge in [-0.2, -0.15) is 0 Å². The normalized spacial score (nSPS) is 43.1. The van der Waals surface area contributed by atoms with Crippen molar-refractivity contribution in [1.29, 1.82) is 0 Å². The van der Waals surface area contributed by atoms with Crippen molar-refractivity contribution < 1.29 is 0 Å². The molecule has 0 aliphatic heterocycles. The molecule has 2 heteroatoms. The third-order valence-electron chi connectivity index (χ3n) is 17.6. The van der Waals surface area contributed by atoms with E-state index in [4.69, 9.17) is 0 Å². The fraction of sp³-hybridized carbons (Fsp3) is 1.00. The average Bonchev–Trinajstić information content (AvgIpc) is 3.10. The third kappa shape index (κ3) is 8.13. The van der Waals surface area contributed by atoms with Crippen LogP contribution in [0.1, 0.15) is 209 Å². The summed E-state index contributed by atoms with van der Waals surface area (Å²) in [6.45, 7) is 20.8. The van der Waals surface area contributed by atoms with Crippen LogP contribution in [0, 0.1) is 58.2 Å². The van der Waals surface area contributed by atoms with Crippen molar-refractivity contribution in [3.63, 3.8) is 0 Å². The molecule has 0 aromatic heterocycles. The van der Waals surface area contributed by atoms with E-state index in [1.807, 2.05) is 0 Å². The van der Waals surface area contributed by atoms with Crippen molar-refractivity contribution in [3.8, 4) is 0 Å². The highest BCUT2D eigenvalue weighted by Crippen LogP contribution is 2.60. The van der Waals surface area contributed by atoms with E-state index < -0.39 is 0 Å². The van der Waals surface area contributed by atoms with Crippen LogP contribution in [0.2, 0.25) is 0 Å². The van der Waals surface area contributed by atoms with E-state index in [9.17, 15) is 0 Å². The summed E-state index contributed by atoms with van der Waals surface area (Å²) in [7, 11) is 0. The van der Waals surface area contributed by atoms with E-state index in [1.54, 1.807) is 0 Å². The van der Waals surface area contributed by atoms with Gasteiger partial charge in [-0.3, -0.25) is 9.80 Å². The van der Waals surface area contributed by atoms with Gasteiger partial charge < -0.3 is 0 Å². The summed E-state index contributed by atoms with van der Waals surface area (Å²) in [5, 5.41) is 0. The lowest BCUT2D eigenvalue weighted by Gasteiger charge is -2.66. The first-order valence-electron chi connectivity index (χ1n) is 23.4. The van der Waals surface area contributed by atoms with Crippen molar-refractivity contribution in [3.05, 3.63) is 0 Å². The molecule has 6 atom stereocenters. The Morgan fingerprint density at radius 1 is 0.340 bits per heavy atom. The second-order valence-corrected chi connectivity index (χ2v) is 22.7. The van der Waals surface area contributed by atoms with Gasteiger partial charge in [0.15, 0.2) is 0 Å². The topological polar surface area (TPSA) is 6.48 Å². The average molecular weight is 691 g/mol. The number of hydrogen-bond acceptors (Lipinski definition) is 2. The maximum Gasteiger partial charge on any atom is 0.0164 e. The Morgan fingerprint density at radius 3 is 1.00 bits per heavy atom. The van der Waals surface area contributed by atoms with Gasteiger partial charge in [0.2, 0.25) is 0 Å². The molecule has 0 aromatic rings. The van der Waals surface area contributed by atoms with Gasteiger partial charge in [-0.25, -0.2) is 0 Å². The van der Waals surface area contributed by atoms with E-state index >= 15 is 0 Å². The van der Waals surface area contributed by atoms with Crippen LogP contribution in [0.25, 0.3) is 0 Å². The number of rotatable bonds is 6. The fourth-order valence-electron chi connectivity index (χ4n) is 14.6. The summed E-state index contributed by atoms with van der Waals surface area (Å²) >= 11 is 0. The Balaban J connectivity index is 1.34. The summed E-state index contributed by atoms with van der Waals surface area (Å²) in [6, 6.07) is 5.18. The molecule has 0 heterocycles. The first kappa shape index (κ1) is 38.2. The van der Waals surface area contributed by atoms with Crippen LogP contribution in [-0.2, 0) is 0 Å². The Labute approximate surface area is 312 Å². The molecular formula is C48H86N2. The summed E-state index contributed by atoms with van der Waals surface area (Å²) in [4.78, 5) is 6.93. The quantitative estimate of drug-likeness (QED) is 0.274. The Morgan fingerprint density at radius 2 is 0.660 bits per heavy atom. The van der Waals surface area contributed by atoms with E-state index in [-0.39, 0.29) is 0 Å². The number of nitrogens with zero attached hydrogens (tertiary/aromatic N) is 2. The molecule has 0 amide bonds. The third-order valence-corrected chi connectivity index (χ3v) is 17.6. The molecule has 0 aromatic carbocycles. The molecular weight excluding hydrogens is 605 g/mol. The maximum absolute atomic E-state index is 3.47. The van der Waals surface area contributed by atoms with Crippen molar-refractivity contribution in [1.82, 2.24) is 9.80 Å². The lowest BCUT2D eigenvalue weighted by Crippen LogP contribution is -2.69. The highest BCUT2D eigenvalue weighted by atomic mass is 15.3. The fourth-order valence-corrected chi connectivity index (χ4v) is 14.6. The van der Waals surface area contributed by atoms with E-state index in [1.165, 1.54) is 154 Å². The predicted octanol–water partition coefficient (Wildman–Crippen LogP) is 13.3. The zero-order valence-electron chi connectivity index (χ0n) is 34.9. The molecule has 2 nitrogen and oxygen atoms in total. The lowest BCUT2D eigenvalue weighted by atomic mass is 9.49. The molecule has 0 spiro atoms. The van der Waals surface area contributed by atoms with Crippen molar-refractivity contribution >= 4 is 0 Å². The van der Waals surface area contributed by atoms with E-state index in [0.717, 1.165) is 83.6 Å². The zero-order valence-corrected chi connectivity index (χ0v) is 34.9. The molecule has 7 rings (SSSR count). The van der Waals surface area contributed by atoms with E-state index in [2.05, 4.69) is 65.2 Å². The summed E-state index contributed by atoms with van der Waals surface area (Å²) < 4.78 is 0. The lowest BCUT2D eigenvalue weighted by molar-refractivity contribution is -0.165. The zero-order chi connectivity index (χ0) is 35.2. The standard InChI is InChI=1S/C48H86N2/c1-33-19-25-39(26-20-33)49(37-15-11-9-12-16-37)45-41-29-23-35(47(3,4)5)31-43(41)46(44-32-36(48(6,7)8)24-30-42(44)45)50(38-17-13-10-14-18-38)40-27-21-34(2)22-28-40/h33-46H,9-32H2,1-8H3. The van der Waals surface area contributed by atoms with Crippen LogP contribution in [0.3, 0.4) is 0 Å². The SMILES string of the molecule is CC1CCC(N(C2CCCCC2)C2C3CCC(C(C)(C)C)CC3C(N(C3CCCCC3)C3CCC(C)CC3)C3CC(C(C)(C)C)CCC32)CC1. The monoisotopic (exact) mass is 691 g/mol. The van der Waals surface area contributed by atoms with Gasteiger partial charge in [-0.05, 0) is 174 Å². The maximum atomic E-state index is 3.47. The Bertz CT molecular complexity index is 999. The molecule has 0 saturated heterocycles. The van der Waals surface area contributed by atoms with Gasteiger partial charge in [0.25, 0.3) is 0 Å². The molecule has 288 valence electrons. The molecule has 7 aliphatic carbocycles. The van der Waals surface area contributed by atoms with Gasteiger partial charge in [-0.1, -0.05) is 93.9 Å². The van der Waals surface area contributed by atoms with Gasteiger partial charge >= 0.3 is 0 Å². The smallest absolute Gasteiger partial charge is 0.0164 e. The van der Waals surface area contributed by atoms with Crippen LogP contribution in [0.5, 0.6) is 0 Å². The van der Waals surface area contributed by atoms with Gasteiger partial charge in [0.05, 0.1) is 0 Å². The highest BCUT2D eigenvalue weighted by Gasteiger charge is 2.60. The van der Waals surface area contributed by atoms with Crippen LogP contribution in [0.4, 0.5) is 0 Å². The van der Waals surface area contributed by atoms with Gasteiger partial charge in [0, 0.05) is 36.3 Å². The van der Waals surface area contributed by atoms with Gasteiger partial charge in [-0.15, -0.1) is 0 Å². The molecule has 0 bridgehead atoms. The Hall–Kier alpha value is -0.0800. The first-order chi connectivity index (χ1) is 23.9. The van der Waals surface area contributed by atoms with E-state index in [0.29, 0.717) is 10.8 Å². The second kappa shape index (κ2) is 16.0. The molecule has 6 unspecified atom stereocenters. The highest BCUT2D eigenvalue weighted by molar-refractivity contribution is 5.12. The minimum atomic E-state index is 0.431. The minimum absolute atomic E-state index is 0.431.